The Morgan fingerprint density at radius 2 is 2.04 bits per heavy atom. The molecule has 1 N–H and O–H groups in total. The van der Waals surface area contributed by atoms with Crippen LogP contribution in [0.4, 0.5) is 0 Å². The van der Waals surface area contributed by atoms with Crippen molar-refractivity contribution in [1.29, 1.82) is 5.26 Å². The van der Waals surface area contributed by atoms with Gasteiger partial charge in [-0.2, -0.15) is 5.26 Å². The molecule has 1 aromatic heterocycles. The first-order valence-corrected chi connectivity index (χ1v) is 8.01. The third-order valence-electron chi connectivity index (χ3n) is 4.45. The molecule has 1 aliphatic rings. The van der Waals surface area contributed by atoms with Crippen LogP contribution in [0.2, 0.25) is 5.02 Å². The van der Waals surface area contributed by atoms with Crippen LogP contribution in [0, 0.1) is 18.3 Å². The summed E-state index contributed by atoms with van der Waals surface area (Å²) in [5.74, 6) is 0. The van der Waals surface area contributed by atoms with Crippen LogP contribution in [0.5, 0.6) is 0 Å². The molecule has 0 amide bonds. The lowest BCUT2D eigenvalue weighted by Crippen LogP contribution is -2.14. The van der Waals surface area contributed by atoms with E-state index in [-0.39, 0.29) is 11.1 Å². The summed E-state index contributed by atoms with van der Waals surface area (Å²) in [5, 5.41) is 10.2. The van der Waals surface area contributed by atoms with Crippen molar-refractivity contribution in [3.05, 3.63) is 80.1 Å². The molecule has 116 valence electrons. The Kier molecular flexibility index (Phi) is 3.30. The lowest BCUT2D eigenvalue weighted by molar-refractivity contribution is 1.17. The fraction of sp³-hybridized carbons (Fsp3) is 0.100. The second kappa shape index (κ2) is 5.36. The van der Waals surface area contributed by atoms with Crippen molar-refractivity contribution < 1.29 is 0 Å². The van der Waals surface area contributed by atoms with Crippen molar-refractivity contribution in [2.24, 2.45) is 0 Å². The van der Waals surface area contributed by atoms with E-state index in [2.05, 4.69) is 11.1 Å². The Morgan fingerprint density at radius 1 is 1.21 bits per heavy atom. The number of fused-ring (bicyclic) bond motifs is 3. The highest BCUT2D eigenvalue weighted by Gasteiger charge is 2.26. The molecule has 2 aromatic carbocycles. The highest BCUT2D eigenvalue weighted by Crippen LogP contribution is 2.41. The molecule has 4 rings (SSSR count). The molecule has 0 radical (unpaired) electrons. The second-order valence-electron chi connectivity index (χ2n) is 6.02. The molecular formula is C20H13ClN2O. The third kappa shape index (κ3) is 2.16. The van der Waals surface area contributed by atoms with Gasteiger partial charge in [0.15, 0.2) is 0 Å². The molecular weight excluding hydrogens is 320 g/mol. The maximum absolute atomic E-state index is 12.5. The third-order valence-corrected chi connectivity index (χ3v) is 4.68. The number of nitrogens with one attached hydrogen (secondary N) is 1. The molecule has 24 heavy (non-hydrogen) atoms. The Labute approximate surface area is 144 Å². The highest BCUT2D eigenvalue weighted by atomic mass is 35.5. The minimum Gasteiger partial charge on any atom is -0.320 e. The van der Waals surface area contributed by atoms with Gasteiger partial charge in [0.05, 0.1) is 5.69 Å². The van der Waals surface area contributed by atoms with Crippen molar-refractivity contribution in [2.75, 3.05) is 0 Å². The second-order valence-corrected chi connectivity index (χ2v) is 6.45. The first-order chi connectivity index (χ1) is 11.6. The number of hydrogen-bond donors (Lipinski definition) is 1. The summed E-state index contributed by atoms with van der Waals surface area (Å²) in [6.07, 6.45) is 0.677. The van der Waals surface area contributed by atoms with E-state index in [0.717, 1.165) is 39.1 Å². The van der Waals surface area contributed by atoms with Crippen LogP contribution >= 0.6 is 11.6 Å². The van der Waals surface area contributed by atoms with Crippen LogP contribution in [0.3, 0.4) is 0 Å². The number of H-pyrrole nitrogens is 1. The number of pyridine rings is 1. The van der Waals surface area contributed by atoms with Crippen LogP contribution in [-0.2, 0) is 6.42 Å². The predicted molar refractivity (Wildman–Crippen MR) is 95.2 cm³/mol. The number of hydrogen-bond acceptors (Lipinski definition) is 2. The fourth-order valence-electron chi connectivity index (χ4n) is 3.40. The zero-order chi connectivity index (χ0) is 16.8. The quantitative estimate of drug-likeness (QED) is 0.560. The standard InChI is InChI=1S/C20H13ClN2O/c1-11-3-2-4-13(7-11)18-16-8-12-5-6-14(21)9-15(12)19(16)23-20(24)17(18)10-22/h2-7,9H,8H2,1H3,(H,23,24). The summed E-state index contributed by atoms with van der Waals surface area (Å²) in [5.41, 5.74) is 6.31. The van der Waals surface area contributed by atoms with E-state index in [4.69, 9.17) is 11.6 Å². The summed E-state index contributed by atoms with van der Waals surface area (Å²) >= 11 is 6.12. The lowest BCUT2D eigenvalue weighted by Gasteiger charge is -2.11. The van der Waals surface area contributed by atoms with Crippen molar-refractivity contribution in [1.82, 2.24) is 4.98 Å². The molecule has 0 saturated carbocycles. The molecule has 1 aliphatic carbocycles. The van der Waals surface area contributed by atoms with Crippen LogP contribution in [0.1, 0.15) is 22.3 Å². The van der Waals surface area contributed by atoms with E-state index in [1.807, 2.05) is 49.4 Å². The normalized spacial score (nSPS) is 11.7. The lowest BCUT2D eigenvalue weighted by atomic mass is 9.94. The minimum atomic E-state index is -0.361. The number of halogens is 1. The Balaban J connectivity index is 2.09. The monoisotopic (exact) mass is 332 g/mol. The maximum Gasteiger partial charge on any atom is 0.266 e. The Morgan fingerprint density at radius 3 is 2.79 bits per heavy atom. The van der Waals surface area contributed by atoms with Crippen LogP contribution in [0.15, 0.2) is 47.3 Å². The van der Waals surface area contributed by atoms with E-state index in [1.54, 1.807) is 0 Å². The van der Waals surface area contributed by atoms with Gasteiger partial charge in [0.2, 0.25) is 0 Å². The van der Waals surface area contributed by atoms with Gasteiger partial charge in [-0.1, -0.05) is 47.5 Å². The molecule has 4 heteroatoms. The van der Waals surface area contributed by atoms with Crippen LogP contribution < -0.4 is 5.56 Å². The average molecular weight is 333 g/mol. The summed E-state index contributed by atoms with van der Waals surface area (Å²) < 4.78 is 0. The van der Waals surface area contributed by atoms with Crippen LogP contribution in [0.25, 0.3) is 22.4 Å². The van der Waals surface area contributed by atoms with Crippen molar-refractivity contribution in [3.63, 3.8) is 0 Å². The number of benzene rings is 2. The number of aromatic nitrogens is 1. The molecule has 0 atom stereocenters. The van der Waals surface area contributed by atoms with Gasteiger partial charge in [0.25, 0.3) is 5.56 Å². The molecule has 3 nitrogen and oxygen atoms in total. The van der Waals surface area contributed by atoms with Gasteiger partial charge in [-0.05, 0) is 35.7 Å². The van der Waals surface area contributed by atoms with Gasteiger partial charge in [-0.15, -0.1) is 0 Å². The smallest absolute Gasteiger partial charge is 0.266 e. The molecule has 0 aliphatic heterocycles. The zero-order valence-electron chi connectivity index (χ0n) is 13.0. The van der Waals surface area contributed by atoms with E-state index in [1.165, 1.54) is 0 Å². The van der Waals surface area contributed by atoms with Crippen molar-refractivity contribution in [3.8, 4) is 28.5 Å². The minimum absolute atomic E-state index is 0.165. The maximum atomic E-state index is 12.5. The Bertz CT molecular complexity index is 1090. The summed E-state index contributed by atoms with van der Waals surface area (Å²) in [6.45, 7) is 2.00. The van der Waals surface area contributed by atoms with Gasteiger partial charge in [-0.25, -0.2) is 0 Å². The molecule has 3 aromatic rings. The zero-order valence-corrected chi connectivity index (χ0v) is 13.7. The summed E-state index contributed by atoms with van der Waals surface area (Å²) in [6, 6.07) is 15.7. The predicted octanol–water partition coefficient (Wildman–Crippen LogP) is 4.45. The van der Waals surface area contributed by atoms with E-state index in [9.17, 15) is 10.1 Å². The van der Waals surface area contributed by atoms with Crippen molar-refractivity contribution >= 4 is 11.6 Å². The molecule has 0 unspecified atom stereocenters. The number of aryl methyl sites for hydroxylation is 1. The molecule has 0 spiro atoms. The van der Waals surface area contributed by atoms with Gasteiger partial charge in [-0.3, -0.25) is 4.79 Å². The topological polar surface area (TPSA) is 56.6 Å². The Hall–Kier alpha value is -2.83. The molecule has 0 bridgehead atoms. The van der Waals surface area contributed by atoms with E-state index in [0.29, 0.717) is 11.4 Å². The number of nitriles is 1. The largest absolute Gasteiger partial charge is 0.320 e. The van der Waals surface area contributed by atoms with Gasteiger partial charge < -0.3 is 4.98 Å². The molecule has 1 heterocycles. The highest BCUT2D eigenvalue weighted by molar-refractivity contribution is 6.31. The fourth-order valence-corrected chi connectivity index (χ4v) is 3.57. The molecule has 0 saturated heterocycles. The summed E-state index contributed by atoms with van der Waals surface area (Å²) in [4.78, 5) is 15.4. The van der Waals surface area contributed by atoms with E-state index < -0.39 is 0 Å². The van der Waals surface area contributed by atoms with Crippen molar-refractivity contribution in [2.45, 2.75) is 13.3 Å². The van der Waals surface area contributed by atoms with Gasteiger partial charge in [0.1, 0.15) is 11.6 Å². The van der Waals surface area contributed by atoms with E-state index >= 15 is 0 Å². The number of aromatic amines is 1. The molecule has 0 fully saturated rings. The summed E-state index contributed by atoms with van der Waals surface area (Å²) in [7, 11) is 0. The first-order valence-electron chi connectivity index (χ1n) is 7.63. The van der Waals surface area contributed by atoms with Crippen LogP contribution in [-0.4, -0.2) is 4.98 Å². The van der Waals surface area contributed by atoms with Gasteiger partial charge in [0, 0.05) is 22.6 Å². The number of nitrogens with zero attached hydrogens (tertiary/aromatic N) is 1. The first kappa shape index (κ1) is 14.7. The SMILES string of the molecule is Cc1cccc(-c2c3c([nH]c(=O)c2C#N)-c2cc(Cl)ccc2C3)c1. The average Bonchev–Trinajstić information content (AvgIpc) is 2.91. The number of rotatable bonds is 1. The van der Waals surface area contributed by atoms with Gasteiger partial charge >= 0.3 is 0 Å².